The Morgan fingerprint density at radius 3 is 1.92 bits per heavy atom. The summed E-state index contributed by atoms with van der Waals surface area (Å²) in [6.07, 6.45) is 1.68. The van der Waals surface area contributed by atoms with Gasteiger partial charge in [0.1, 0.15) is 0 Å². The van der Waals surface area contributed by atoms with E-state index in [0.717, 1.165) is 22.3 Å². The van der Waals surface area contributed by atoms with E-state index in [-0.39, 0.29) is 23.6 Å². The molecule has 0 aromatic heterocycles. The van der Waals surface area contributed by atoms with E-state index in [1.165, 1.54) is 4.90 Å². The molecule has 2 bridgehead atoms. The number of nitrogens with one attached hydrogen (secondary N) is 1. The number of hydrogen-bond acceptors (Lipinski definition) is 4. The first kappa shape index (κ1) is 22.4. The standard InChI is InChI=1S/C32H23N3O3/c36-29(20-11-3-1-4-12-20)34-33-19-32-24-17-9-7-15-22(24)26(23-16-8-10-18-25(23)32)27-28(32)31(38)35(30(27)37)21-13-5-2-6-14-21/h1-19,26-28H,(H,34,36)/b33-19-. The molecule has 38 heavy (non-hydrogen) atoms. The zero-order valence-electron chi connectivity index (χ0n) is 20.3. The molecule has 1 N–H and O–H groups in total. The van der Waals surface area contributed by atoms with Crippen LogP contribution in [0.15, 0.2) is 114 Å². The number of amides is 3. The lowest BCUT2D eigenvalue weighted by atomic mass is 9.47. The Morgan fingerprint density at radius 2 is 1.29 bits per heavy atom. The number of nitrogens with zero attached hydrogens (tertiary/aromatic N) is 2. The summed E-state index contributed by atoms with van der Waals surface area (Å²) in [7, 11) is 0. The molecule has 6 nitrogen and oxygen atoms in total. The molecule has 4 aromatic rings. The third-order valence-corrected chi connectivity index (χ3v) is 8.17. The Hall–Kier alpha value is -4.84. The maximum atomic E-state index is 14.2. The lowest BCUT2D eigenvalue weighted by molar-refractivity contribution is -0.122. The molecule has 0 radical (unpaired) electrons. The van der Waals surface area contributed by atoms with Gasteiger partial charge in [-0.05, 0) is 46.5 Å². The van der Waals surface area contributed by atoms with Crippen molar-refractivity contribution in [2.45, 2.75) is 11.3 Å². The molecule has 4 aromatic carbocycles. The molecule has 184 valence electrons. The predicted octanol–water partition coefficient (Wildman–Crippen LogP) is 4.65. The van der Waals surface area contributed by atoms with Gasteiger partial charge in [-0.3, -0.25) is 14.4 Å². The fraction of sp³-hybridized carbons (Fsp3) is 0.125. The highest BCUT2D eigenvalue weighted by molar-refractivity contribution is 6.25. The molecule has 0 saturated carbocycles. The van der Waals surface area contributed by atoms with E-state index in [0.29, 0.717) is 11.3 Å². The van der Waals surface area contributed by atoms with Gasteiger partial charge in [0, 0.05) is 17.7 Å². The Labute approximate surface area is 219 Å². The second-order valence-electron chi connectivity index (χ2n) is 9.94. The van der Waals surface area contributed by atoms with Gasteiger partial charge < -0.3 is 0 Å². The number of carbonyl (C=O) groups is 3. The van der Waals surface area contributed by atoms with E-state index in [4.69, 9.17) is 0 Å². The van der Waals surface area contributed by atoms with E-state index >= 15 is 0 Å². The van der Waals surface area contributed by atoms with Crippen molar-refractivity contribution in [1.29, 1.82) is 0 Å². The number of anilines is 1. The summed E-state index contributed by atoms with van der Waals surface area (Å²) < 4.78 is 0. The SMILES string of the molecule is O=C(N/N=C\C12c3ccccc3C(c3ccccc31)C1C(=O)N(c3ccccc3)C(=O)C12)c1ccccc1. The number of para-hydroxylation sites is 1. The molecule has 3 amide bonds. The molecular weight excluding hydrogens is 474 g/mol. The predicted molar refractivity (Wildman–Crippen MR) is 144 cm³/mol. The topological polar surface area (TPSA) is 78.8 Å². The fourth-order valence-electron chi connectivity index (χ4n) is 6.73. The van der Waals surface area contributed by atoms with Gasteiger partial charge in [-0.1, -0.05) is 84.9 Å². The maximum Gasteiger partial charge on any atom is 0.271 e. The molecule has 6 heteroatoms. The monoisotopic (exact) mass is 497 g/mol. The van der Waals surface area contributed by atoms with Crippen LogP contribution in [0.3, 0.4) is 0 Å². The second kappa shape index (κ2) is 8.35. The van der Waals surface area contributed by atoms with Crippen molar-refractivity contribution >= 4 is 29.6 Å². The average molecular weight is 498 g/mol. The largest absolute Gasteiger partial charge is 0.274 e. The van der Waals surface area contributed by atoms with Crippen LogP contribution in [0.5, 0.6) is 0 Å². The zero-order chi connectivity index (χ0) is 25.9. The molecule has 8 rings (SSSR count). The number of benzene rings is 4. The van der Waals surface area contributed by atoms with Gasteiger partial charge in [0.15, 0.2) is 0 Å². The van der Waals surface area contributed by atoms with Crippen molar-refractivity contribution in [2.24, 2.45) is 16.9 Å². The van der Waals surface area contributed by atoms with E-state index < -0.39 is 17.3 Å². The Kier molecular flexibility index (Phi) is 4.91. The summed E-state index contributed by atoms with van der Waals surface area (Å²) in [4.78, 5) is 42.4. The highest BCUT2D eigenvalue weighted by atomic mass is 16.2. The minimum Gasteiger partial charge on any atom is -0.274 e. The van der Waals surface area contributed by atoms with Gasteiger partial charge >= 0.3 is 0 Å². The van der Waals surface area contributed by atoms with Crippen molar-refractivity contribution in [3.05, 3.63) is 137 Å². The fourth-order valence-corrected chi connectivity index (χ4v) is 6.73. The third kappa shape index (κ3) is 2.94. The van der Waals surface area contributed by atoms with E-state index in [1.807, 2.05) is 72.8 Å². The molecule has 1 aliphatic heterocycles. The molecule has 2 unspecified atom stereocenters. The van der Waals surface area contributed by atoms with E-state index in [2.05, 4.69) is 10.5 Å². The van der Waals surface area contributed by atoms with Crippen molar-refractivity contribution in [2.75, 3.05) is 4.90 Å². The highest BCUT2D eigenvalue weighted by Crippen LogP contribution is 2.63. The maximum absolute atomic E-state index is 14.2. The van der Waals surface area contributed by atoms with Crippen molar-refractivity contribution in [3.8, 4) is 0 Å². The minimum absolute atomic E-state index is 0.202. The van der Waals surface area contributed by atoms with Gasteiger partial charge in [-0.15, -0.1) is 0 Å². The van der Waals surface area contributed by atoms with Crippen LogP contribution in [0.1, 0.15) is 38.5 Å². The summed E-state index contributed by atoms with van der Waals surface area (Å²) in [6, 6.07) is 33.9. The van der Waals surface area contributed by atoms with Gasteiger partial charge in [0.25, 0.3) is 5.91 Å². The smallest absolute Gasteiger partial charge is 0.271 e. The van der Waals surface area contributed by atoms with Crippen LogP contribution < -0.4 is 10.3 Å². The normalized spacial score (nSPS) is 24.7. The van der Waals surface area contributed by atoms with Crippen molar-refractivity contribution < 1.29 is 14.4 Å². The lowest BCUT2D eigenvalue weighted by Gasteiger charge is -2.52. The minimum atomic E-state index is -1.02. The molecule has 3 aliphatic carbocycles. The quantitative estimate of drug-likeness (QED) is 0.253. The first-order valence-electron chi connectivity index (χ1n) is 12.6. The lowest BCUT2D eigenvalue weighted by Crippen LogP contribution is -2.54. The Bertz CT molecular complexity index is 1580. The van der Waals surface area contributed by atoms with Gasteiger partial charge in [0.2, 0.25) is 11.8 Å². The first-order valence-corrected chi connectivity index (χ1v) is 12.6. The second-order valence-corrected chi connectivity index (χ2v) is 9.94. The van der Waals surface area contributed by atoms with Crippen LogP contribution in [-0.4, -0.2) is 23.9 Å². The van der Waals surface area contributed by atoms with Crippen LogP contribution in [0.4, 0.5) is 5.69 Å². The summed E-state index contributed by atoms with van der Waals surface area (Å²) in [6.45, 7) is 0. The van der Waals surface area contributed by atoms with Gasteiger partial charge in [-0.25, -0.2) is 10.3 Å². The number of rotatable bonds is 4. The van der Waals surface area contributed by atoms with Gasteiger partial charge in [-0.2, -0.15) is 5.10 Å². The van der Waals surface area contributed by atoms with Gasteiger partial charge in [0.05, 0.1) is 22.9 Å². The Balaban J connectivity index is 1.42. The van der Waals surface area contributed by atoms with E-state index in [1.54, 1.807) is 42.6 Å². The number of carbonyl (C=O) groups excluding carboxylic acids is 3. The average Bonchev–Trinajstić information content (AvgIpc) is 3.24. The number of hydrogen-bond donors (Lipinski definition) is 1. The van der Waals surface area contributed by atoms with Crippen LogP contribution in [0, 0.1) is 11.8 Å². The number of imide groups is 1. The molecule has 4 aliphatic rings. The molecule has 2 atom stereocenters. The van der Waals surface area contributed by atoms with Crippen LogP contribution in [0.25, 0.3) is 0 Å². The number of hydrazone groups is 1. The molecule has 0 spiro atoms. The molecule has 1 fully saturated rings. The zero-order valence-corrected chi connectivity index (χ0v) is 20.3. The summed E-state index contributed by atoms with van der Waals surface area (Å²) >= 11 is 0. The van der Waals surface area contributed by atoms with E-state index in [9.17, 15) is 14.4 Å². The van der Waals surface area contributed by atoms with Crippen LogP contribution >= 0.6 is 0 Å². The van der Waals surface area contributed by atoms with Crippen molar-refractivity contribution in [1.82, 2.24) is 5.43 Å². The molecular formula is C32H23N3O3. The molecule has 1 saturated heterocycles. The van der Waals surface area contributed by atoms with Crippen LogP contribution in [-0.2, 0) is 15.0 Å². The summed E-state index contributed by atoms with van der Waals surface area (Å²) in [5, 5.41) is 4.45. The molecule has 1 heterocycles. The first-order chi connectivity index (χ1) is 18.6. The summed E-state index contributed by atoms with van der Waals surface area (Å²) in [5.41, 5.74) is 6.60. The Morgan fingerprint density at radius 1 is 0.737 bits per heavy atom. The van der Waals surface area contributed by atoms with Crippen LogP contribution in [0.2, 0.25) is 0 Å². The van der Waals surface area contributed by atoms with Crippen molar-refractivity contribution in [3.63, 3.8) is 0 Å². The summed E-state index contributed by atoms with van der Waals surface area (Å²) in [5.74, 6) is -2.31. The highest BCUT2D eigenvalue weighted by Gasteiger charge is 2.68. The third-order valence-electron chi connectivity index (χ3n) is 8.17.